The molecule has 1 heterocycles. The van der Waals surface area contributed by atoms with E-state index in [4.69, 9.17) is 0 Å². The third kappa shape index (κ3) is 4.15. The minimum absolute atomic E-state index is 0. The first-order chi connectivity index (χ1) is 11.7. The molecule has 3 aromatic carbocycles. The smallest absolute Gasteiger partial charge is 0.0717 e. The van der Waals surface area contributed by atoms with Crippen LogP contribution in [0.5, 0.6) is 0 Å². The molecular formula is C22H23NS. The second-order valence-corrected chi connectivity index (χ2v) is 7.05. The van der Waals surface area contributed by atoms with E-state index in [1.807, 2.05) is 36.0 Å². The van der Waals surface area contributed by atoms with Crippen LogP contribution in [0.15, 0.2) is 89.9 Å². The Hall–Kier alpha value is -2.32. The first-order valence-corrected chi connectivity index (χ1v) is 8.99. The number of hydrogen-bond acceptors (Lipinski definition) is 2. The molecule has 4 rings (SSSR count). The van der Waals surface area contributed by atoms with Crippen LogP contribution in [-0.2, 0) is 0 Å². The highest BCUT2D eigenvalue weighted by Crippen LogP contribution is 2.44. The van der Waals surface area contributed by atoms with Crippen molar-refractivity contribution < 1.29 is 1.43 Å². The van der Waals surface area contributed by atoms with E-state index in [1.165, 1.54) is 16.7 Å². The highest BCUT2D eigenvalue weighted by atomic mass is 32.2. The number of aryl methyl sites for hydroxylation is 1. The molecule has 0 aromatic heterocycles. The van der Waals surface area contributed by atoms with Crippen LogP contribution in [0.2, 0.25) is 0 Å². The van der Waals surface area contributed by atoms with Crippen molar-refractivity contribution in [2.45, 2.75) is 19.1 Å². The molecule has 0 aliphatic carbocycles. The summed E-state index contributed by atoms with van der Waals surface area (Å²) < 4.78 is 0. The summed E-state index contributed by atoms with van der Waals surface area (Å²) in [6.45, 7) is 4.16. The molecule has 0 saturated carbocycles. The van der Waals surface area contributed by atoms with Crippen LogP contribution in [0.25, 0.3) is 0 Å². The fourth-order valence-corrected chi connectivity index (χ4v) is 3.76. The zero-order valence-electron chi connectivity index (χ0n) is 14.0. The number of fused-ring (bicyclic) bond motifs is 1. The number of rotatable bonds is 1. The highest BCUT2D eigenvalue weighted by molar-refractivity contribution is 8.14. The Kier molecular flexibility index (Phi) is 5.50. The molecule has 0 N–H and O–H groups in total. The molecular weight excluding hydrogens is 310 g/mol. The van der Waals surface area contributed by atoms with E-state index in [9.17, 15) is 0 Å². The first kappa shape index (κ1) is 16.5. The molecule has 0 amide bonds. The summed E-state index contributed by atoms with van der Waals surface area (Å²) in [5.41, 5.74) is 5.09. The van der Waals surface area contributed by atoms with Crippen molar-refractivity contribution in [1.82, 2.24) is 0 Å². The lowest BCUT2D eigenvalue weighted by atomic mass is 10.0. The topological polar surface area (TPSA) is 12.4 Å². The number of benzene rings is 3. The Morgan fingerprint density at radius 3 is 1.96 bits per heavy atom. The Balaban J connectivity index is 0.000000240. The van der Waals surface area contributed by atoms with Gasteiger partial charge in [0.25, 0.3) is 0 Å². The summed E-state index contributed by atoms with van der Waals surface area (Å²) in [7, 11) is 0. The molecule has 1 nitrogen and oxygen atoms in total. The molecule has 0 fully saturated rings. The third-order valence-electron chi connectivity index (χ3n) is 3.83. The largest absolute Gasteiger partial charge is 0.247 e. The minimum atomic E-state index is 0. The van der Waals surface area contributed by atoms with E-state index in [0.29, 0.717) is 5.25 Å². The summed E-state index contributed by atoms with van der Waals surface area (Å²) in [6, 6.07) is 29.3. The number of aliphatic imine (C=N–C) groups is 1. The summed E-state index contributed by atoms with van der Waals surface area (Å²) >= 11 is 1.83. The van der Waals surface area contributed by atoms with Crippen molar-refractivity contribution in [2.24, 2.45) is 4.99 Å². The Labute approximate surface area is 150 Å². The van der Waals surface area contributed by atoms with Gasteiger partial charge in [-0.25, -0.2) is 4.99 Å². The molecule has 122 valence electrons. The molecule has 24 heavy (non-hydrogen) atoms. The number of nitrogens with zero attached hydrogens (tertiary/aromatic N) is 1. The molecule has 0 radical (unpaired) electrons. The van der Waals surface area contributed by atoms with Gasteiger partial charge in [-0.15, -0.1) is 0 Å². The third-order valence-corrected chi connectivity index (χ3v) is 5.02. The average molecular weight is 334 g/mol. The molecule has 1 unspecified atom stereocenters. The molecule has 3 aromatic rings. The zero-order chi connectivity index (χ0) is 16.8. The van der Waals surface area contributed by atoms with Gasteiger partial charge < -0.3 is 0 Å². The fourth-order valence-electron chi connectivity index (χ4n) is 2.65. The van der Waals surface area contributed by atoms with E-state index in [0.717, 1.165) is 10.7 Å². The molecule has 0 bridgehead atoms. The van der Waals surface area contributed by atoms with E-state index in [-0.39, 0.29) is 1.43 Å². The standard InChI is InChI=1S/C15H13NS.C7H8.H2/c1-11-16-14-10-6-5-9-13(14)15(17-11)12-7-3-2-4-8-12;1-7-5-3-2-4-6-7;/h2-10,15H,1H3;2-6H,1H3;1H. The summed E-state index contributed by atoms with van der Waals surface area (Å²) in [5, 5.41) is 1.52. The van der Waals surface area contributed by atoms with Gasteiger partial charge in [0.1, 0.15) is 0 Å². The SMILES string of the molecule is CC1=Nc2ccccc2C(c2ccccc2)S1.Cc1ccccc1.[HH]. The maximum atomic E-state index is 4.60. The van der Waals surface area contributed by atoms with Crippen molar-refractivity contribution in [3.05, 3.63) is 102 Å². The second kappa shape index (κ2) is 7.98. The molecule has 1 aliphatic heterocycles. The van der Waals surface area contributed by atoms with Crippen LogP contribution in [-0.4, -0.2) is 5.04 Å². The van der Waals surface area contributed by atoms with Crippen LogP contribution in [0.1, 0.15) is 30.3 Å². The second-order valence-electron chi connectivity index (χ2n) is 5.75. The lowest BCUT2D eigenvalue weighted by molar-refractivity contribution is 1.15. The number of thioether (sulfide) groups is 1. The van der Waals surface area contributed by atoms with Crippen molar-refractivity contribution >= 4 is 22.5 Å². The Bertz CT molecular complexity index is 816. The molecule has 0 spiro atoms. The lowest BCUT2D eigenvalue weighted by Gasteiger charge is -2.23. The van der Waals surface area contributed by atoms with Gasteiger partial charge in [0.2, 0.25) is 0 Å². The summed E-state index contributed by atoms with van der Waals surface area (Å²) in [4.78, 5) is 4.60. The molecule has 1 aliphatic rings. The predicted molar refractivity (Wildman–Crippen MR) is 108 cm³/mol. The highest BCUT2D eigenvalue weighted by Gasteiger charge is 2.22. The number of para-hydroxylation sites is 1. The van der Waals surface area contributed by atoms with Gasteiger partial charge in [-0.2, -0.15) is 0 Å². The lowest BCUT2D eigenvalue weighted by Crippen LogP contribution is -2.04. The van der Waals surface area contributed by atoms with Gasteiger partial charge in [-0.05, 0) is 31.0 Å². The van der Waals surface area contributed by atoms with E-state index < -0.39 is 0 Å². The van der Waals surface area contributed by atoms with Crippen molar-refractivity contribution in [3.8, 4) is 0 Å². The Morgan fingerprint density at radius 1 is 0.750 bits per heavy atom. The van der Waals surface area contributed by atoms with Crippen LogP contribution in [0.3, 0.4) is 0 Å². The van der Waals surface area contributed by atoms with E-state index in [1.54, 1.807) is 0 Å². The van der Waals surface area contributed by atoms with Crippen molar-refractivity contribution in [1.29, 1.82) is 0 Å². The van der Waals surface area contributed by atoms with Crippen molar-refractivity contribution in [2.75, 3.05) is 0 Å². The van der Waals surface area contributed by atoms with E-state index in [2.05, 4.69) is 79.5 Å². The minimum Gasteiger partial charge on any atom is -0.247 e. The van der Waals surface area contributed by atoms with E-state index >= 15 is 0 Å². The van der Waals surface area contributed by atoms with Gasteiger partial charge in [0.05, 0.1) is 16.0 Å². The Morgan fingerprint density at radius 2 is 1.33 bits per heavy atom. The van der Waals surface area contributed by atoms with Gasteiger partial charge in [0, 0.05) is 1.43 Å². The monoisotopic (exact) mass is 333 g/mol. The summed E-state index contributed by atoms with van der Waals surface area (Å²) in [6.07, 6.45) is 0. The quantitative estimate of drug-likeness (QED) is 0.476. The zero-order valence-corrected chi connectivity index (χ0v) is 14.8. The molecule has 1 atom stereocenters. The fraction of sp³-hybridized carbons (Fsp3) is 0.136. The first-order valence-electron chi connectivity index (χ1n) is 8.11. The predicted octanol–water partition coefficient (Wildman–Crippen LogP) is 6.81. The van der Waals surface area contributed by atoms with Gasteiger partial charge in [-0.1, -0.05) is 96.2 Å². The molecule has 0 saturated heterocycles. The average Bonchev–Trinajstić information content (AvgIpc) is 2.63. The maximum absolute atomic E-state index is 4.60. The number of hydrogen-bond donors (Lipinski definition) is 0. The van der Waals surface area contributed by atoms with Gasteiger partial charge in [-0.3, -0.25) is 0 Å². The van der Waals surface area contributed by atoms with Crippen LogP contribution in [0, 0.1) is 6.92 Å². The van der Waals surface area contributed by atoms with Gasteiger partial charge in [0.15, 0.2) is 0 Å². The van der Waals surface area contributed by atoms with Crippen LogP contribution < -0.4 is 0 Å². The molecule has 2 heteroatoms. The van der Waals surface area contributed by atoms with Crippen molar-refractivity contribution in [3.63, 3.8) is 0 Å². The normalized spacial score (nSPS) is 15.6. The summed E-state index contributed by atoms with van der Waals surface area (Å²) in [5.74, 6) is 0. The van der Waals surface area contributed by atoms with Crippen LogP contribution in [0.4, 0.5) is 5.69 Å². The van der Waals surface area contributed by atoms with Crippen LogP contribution >= 0.6 is 11.8 Å². The maximum Gasteiger partial charge on any atom is 0.0717 e. The van der Waals surface area contributed by atoms with Gasteiger partial charge >= 0.3 is 0 Å².